The monoisotopic (exact) mass is 307 g/mol. The van der Waals surface area contributed by atoms with Crippen molar-refractivity contribution in [2.75, 3.05) is 6.61 Å². The predicted octanol–water partition coefficient (Wildman–Crippen LogP) is -0.167. The van der Waals surface area contributed by atoms with Crippen molar-refractivity contribution < 1.29 is 28.9 Å². The van der Waals surface area contributed by atoms with Gasteiger partial charge in [-0.3, -0.25) is 4.79 Å². The zero-order valence-corrected chi connectivity index (χ0v) is 12.0. The molecule has 0 radical (unpaired) electrons. The molecule has 2 bridgehead atoms. The summed E-state index contributed by atoms with van der Waals surface area (Å²) in [6.07, 6.45) is -3.29. The first-order valence-corrected chi connectivity index (χ1v) is 7.04. The van der Waals surface area contributed by atoms with E-state index in [4.69, 9.17) is 14.2 Å². The molecule has 0 aliphatic carbocycles. The summed E-state index contributed by atoms with van der Waals surface area (Å²) in [4.78, 5) is 23.5. The zero-order valence-electron chi connectivity index (χ0n) is 12.0. The van der Waals surface area contributed by atoms with E-state index in [0.29, 0.717) is 5.56 Å². The van der Waals surface area contributed by atoms with Gasteiger partial charge >= 0.3 is 5.97 Å². The maximum Gasteiger partial charge on any atom is 0.338 e. The molecule has 1 aromatic carbocycles. The van der Waals surface area contributed by atoms with Crippen molar-refractivity contribution in [3.8, 4) is 0 Å². The summed E-state index contributed by atoms with van der Waals surface area (Å²) in [5.74, 6) is -0.892. The molecule has 1 amide bonds. The van der Waals surface area contributed by atoms with E-state index in [2.05, 4.69) is 5.32 Å². The van der Waals surface area contributed by atoms with Crippen LogP contribution in [-0.2, 0) is 19.0 Å². The molecule has 7 heteroatoms. The van der Waals surface area contributed by atoms with E-state index >= 15 is 0 Å². The maximum atomic E-state index is 12.2. The molecule has 0 unspecified atom stereocenters. The molecule has 0 spiro atoms. The second-order valence-corrected chi connectivity index (χ2v) is 5.33. The third-order valence-corrected chi connectivity index (χ3v) is 3.72. The van der Waals surface area contributed by atoms with Gasteiger partial charge in [0, 0.05) is 6.92 Å². The van der Waals surface area contributed by atoms with Crippen LogP contribution in [0.1, 0.15) is 17.3 Å². The summed E-state index contributed by atoms with van der Waals surface area (Å²) in [5, 5.41) is 12.9. The van der Waals surface area contributed by atoms with Crippen LogP contribution >= 0.6 is 0 Å². The Kier molecular flexibility index (Phi) is 4.10. The highest BCUT2D eigenvalue weighted by molar-refractivity contribution is 5.89. The van der Waals surface area contributed by atoms with Gasteiger partial charge in [-0.15, -0.1) is 0 Å². The minimum absolute atomic E-state index is 0.196. The van der Waals surface area contributed by atoms with E-state index in [1.165, 1.54) is 6.92 Å². The number of aliphatic hydroxyl groups excluding tert-OH is 1. The molecule has 5 atom stereocenters. The minimum atomic E-state index is -1.07. The lowest BCUT2D eigenvalue weighted by molar-refractivity contribution is -0.187. The van der Waals surface area contributed by atoms with Crippen molar-refractivity contribution in [3.63, 3.8) is 0 Å². The number of carbonyl (C=O) groups is 2. The average Bonchev–Trinajstić information content (AvgIpc) is 2.95. The SMILES string of the molecule is CC(=O)N[C@H]1[C@@H]2OC[C@@H](O2)[C@@H](O)[C@@H]1OC(=O)c1ccccc1. The molecule has 0 aromatic heterocycles. The van der Waals surface area contributed by atoms with E-state index in [1.807, 2.05) is 0 Å². The molecule has 2 heterocycles. The topological polar surface area (TPSA) is 94.1 Å². The molecular weight excluding hydrogens is 290 g/mol. The molecule has 2 aliphatic rings. The molecule has 22 heavy (non-hydrogen) atoms. The van der Waals surface area contributed by atoms with Gasteiger partial charge in [-0.2, -0.15) is 0 Å². The Morgan fingerprint density at radius 3 is 2.73 bits per heavy atom. The lowest BCUT2D eigenvalue weighted by Gasteiger charge is -2.38. The molecule has 2 saturated heterocycles. The fourth-order valence-electron chi connectivity index (χ4n) is 2.68. The van der Waals surface area contributed by atoms with Gasteiger partial charge in [0.1, 0.15) is 18.2 Å². The highest BCUT2D eigenvalue weighted by Gasteiger charge is 2.52. The van der Waals surface area contributed by atoms with Crippen LogP contribution in [0.4, 0.5) is 0 Å². The lowest BCUT2D eigenvalue weighted by atomic mass is 9.98. The Bertz CT molecular complexity index is 562. The molecule has 2 fully saturated rings. The van der Waals surface area contributed by atoms with Gasteiger partial charge in [-0.1, -0.05) is 18.2 Å². The molecule has 1 aromatic rings. The van der Waals surface area contributed by atoms with Crippen LogP contribution in [0.25, 0.3) is 0 Å². The number of amides is 1. The molecular formula is C15H17NO6. The van der Waals surface area contributed by atoms with Crippen LogP contribution < -0.4 is 5.32 Å². The third-order valence-electron chi connectivity index (χ3n) is 3.72. The zero-order chi connectivity index (χ0) is 15.7. The standard InChI is InChI=1S/C15H17NO6/c1-8(17)16-11-13(12(18)10-7-20-15(11)21-10)22-14(19)9-5-3-2-4-6-9/h2-6,10-13,15,18H,7H2,1H3,(H,16,17)/t10-,11-,12-,13-,15-/m1/s1. The summed E-state index contributed by atoms with van der Waals surface area (Å²) >= 11 is 0. The number of benzene rings is 1. The Balaban J connectivity index is 1.79. The number of hydrogen-bond donors (Lipinski definition) is 2. The van der Waals surface area contributed by atoms with Crippen LogP contribution in [0.5, 0.6) is 0 Å². The summed E-state index contributed by atoms with van der Waals surface area (Å²) < 4.78 is 16.3. The second kappa shape index (κ2) is 6.04. The molecule has 3 rings (SSSR count). The summed E-state index contributed by atoms with van der Waals surface area (Å²) in [7, 11) is 0. The lowest BCUT2D eigenvalue weighted by Crippen LogP contribution is -2.61. The van der Waals surface area contributed by atoms with Crippen molar-refractivity contribution in [3.05, 3.63) is 35.9 Å². The molecule has 2 N–H and O–H groups in total. The van der Waals surface area contributed by atoms with Crippen molar-refractivity contribution in [2.45, 2.75) is 37.6 Å². The van der Waals surface area contributed by atoms with Gasteiger partial charge in [0.15, 0.2) is 12.4 Å². The normalized spacial score (nSPS) is 33.3. The molecule has 118 valence electrons. The highest BCUT2D eigenvalue weighted by Crippen LogP contribution is 2.30. The summed E-state index contributed by atoms with van der Waals surface area (Å²) in [6.45, 7) is 1.53. The predicted molar refractivity (Wildman–Crippen MR) is 73.9 cm³/mol. The largest absolute Gasteiger partial charge is 0.453 e. The van der Waals surface area contributed by atoms with Gasteiger partial charge in [-0.05, 0) is 12.1 Å². The van der Waals surface area contributed by atoms with E-state index in [0.717, 1.165) is 0 Å². The Hall–Kier alpha value is -1.96. The number of carbonyl (C=O) groups excluding carboxylic acids is 2. The number of rotatable bonds is 3. The van der Waals surface area contributed by atoms with Crippen LogP contribution in [0.2, 0.25) is 0 Å². The first-order valence-electron chi connectivity index (χ1n) is 7.04. The summed E-state index contributed by atoms with van der Waals surface area (Å²) in [5.41, 5.74) is 0.371. The number of hydrogen-bond acceptors (Lipinski definition) is 6. The van der Waals surface area contributed by atoms with Crippen LogP contribution in [0, 0.1) is 0 Å². The second-order valence-electron chi connectivity index (χ2n) is 5.33. The van der Waals surface area contributed by atoms with E-state index < -0.39 is 36.6 Å². The first-order chi connectivity index (χ1) is 10.6. The van der Waals surface area contributed by atoms with Gasteiger partial charge in [-0.25, -0.2) is 4.79 Å². The fourth-order valence-corrected chi connectivity index (χ4v) is 2.68. The van der Waals surface area contributed by atoms with Gasteiger partial charge in [0.25, 0.3) is 0 Å². The smallest absolute Gasteiger partial charge is 0.338 e. The minimum Gasteiger partial charge on any atom is -0.453 e. The third kappa shape index (κ3) is 2.83. The van der Waals surface area contributed by atoms with Gasteiger partial charge < -0.3 is 24.6 Å². The number of ether oxygens (including phenoxy) is 3. The van der Waals surface area contributed by atoms with Gasteiger partial charge in [0.2, 0.25) is 5.91 Å². The Morgan fingerprint density at radius 2 is 2.05 bits per heavy atom. The highest BCUT2D eigenvalue weighted by atomic mass is 16.7. The van der Waals surface area contributed by atoms with Crippen molar-refractivity contribution in [2.24, 2.45) is 0 Å². The number of nitrogens with one attached hydrogen (secondary N) is 1. The van der Waals surface area contributed by atoms with Crippen molar-refractivity contribution in [1.82, 2.24) is 5.32 Å². The van der Waals surface area contributed by atoms with Crippen LogP contribution in [0.3, 0.4) is 0 Å². The van der Waals surface area contributed by atoms with E-state index in [-0.39, 0.29) is 12.5 Å². The first kappa shape index (κ1) is 15.0. The average molecular weight is 307 g/mol. The molecule has 2 aliphatic heterocycles. The van der Waals surface area contributed by atoms with Crippen molar-refractivity contribution in [1.29, 1.82) is 0 Å². The number of aliphatic hydroxyl groups is 1. The van der Waals surface area contributed by atoms with Crippen molar-refractivity contribution >= 4 is 11.9 Å². The van der Waals surface area contributed by atoms with Gasteiger partial charge in [0.05, 0.1) is 12.2 Å². The quantitative estimate of drug-likeness (QED) is 0.753. The number of fused-ring (bicyclic) bond motifs is 2. The van der Waals surface area contributed by atoms with Crippen LogP contribution in [-0.4, -0.2) is 54.2 Å². The maximum absolute atomic E-state index is 12.2. The fraction of sp³-hybridized carbons (Fsp3) is 0.467. The summed E-state index contributed by atoms with van der Waals surface area (Å²) in [6, 6.07) is 7.70. The Morgan fingerprint density at radius 1 is 1.32 bits per heavy atom. The molecule has 7 nitrogen and oxygen atoms in total. The molecule has 0 saturated carbocycles. The Labute approximate surface area is 127 Å². The van der Waals surface area contributed by atoms with E-state index in [9.17, 15) is 14.7 Å². The number of esters is 1. The van der Waals surface area contributed by atoms with E-state index in [1.54, 1.807) is 30.3 Å². The van der Waals surface area contributed by atoms with Crippen LogP contribution in [0.15, 0.2) is 30.3 Å².